The summed E-state index contributed by atoms with van der Waals surface area (Å²) in [6.07, 6.45) is 4.47. The first-order valence-corrected chi connectivity index (χ1v) is 6.89. The molecule has 1 aliphatic rings. The molecule has 0 spiro atoms. The van der Waals surface area contributed by atoms with Crippen molar-refractivity contribution in [3.8, 4) is 5.75 Å². The third-order valence-electron chi connectivity index (χ3n) is 3.54. The number of carbonyl (C=O) groups is 1. The number of nitrogens with one attached hydrogen (secondary N) is 1. The van der Waals surface area contributed by atoms with Gasteiger partial charge in [0.2, 0.25) is 0 Å². The second kappa shape index (κ2) is 5.82. The normalized spacial score (nSPS) is 21.6. The topological polar surface area (TPSA) is 51.5 Å². The van der Waals surface area contributed by atoms with Gasteiger partial charge in [-0.25, -0.2) is 0 Å². The van der Waals surface area contributed by atoms with Crippen LogP contribution in [0, 0.1) is 0 Å². The summed E-state index contributed by atoms with van der Waals surface area (Å²) in [4.78, 5) is 12.0. The molecule has 1 amide bonds. The molecule has 1 aliphatic carbocycles. The summed E-state index contributed by atoms with van der Waals surface area (Å²) in [5.41, 5.74) is 0. The molecule has 20 heavy (non-hydrogen) atoms. The Morgan fingerprint density at radius 1 is 1.15 bits per heavy atom. The van der Waals surface area contributed by atoms with Gasteiger partial charge in [0, 0.05) is 0 Å². The van der Waals surface area contributed by atoms with Gasteiger partial charge < -0.3 is 14.5 Å². The van der Waals surface area contributed by atoms with E-state index in [-0.39, 0.29) is 18.1 Å². The largest absolute Gasteiger partial charge is 0.488 e. The lowest BCUT2D eigenvalue weighted by Gasteiger charge is -2.22. The maximum absolute atomic E-state index is 12.0. The van der Waals surface area contributed by atoms with E-state index in [1.807, 2.05) is 30.3 Å². The molecule has 1 fully saturated rings. The van der Waals surface area contributed by atoms with Crippen LogP contribution in [0.4, 0.5) is 0 Å². The number of furan rings is 1. The molecule has 2 atom stereocenters. The highest BCUT2D eigenvalue weighted by Gasteiger charge is 2.31. The van der Waals surface area contributed by atoms with E-state index >= 15 is 0 Å². The van der Waals surface area contributed by atoms with Gasteiger partial charge in [0.15, 0.2) is 5.76 Å². The van der Waals surface area contributed by atoms with Crippen LogP contribution in [0.1, 0.15) is 29.8 Å². The maximum atomic E-state index is 12.0. The van der Waals surface area contributed by atoms with Crippen molar-refractivity contribution < 1.29 is 13.9 Å². The van der Waals surface area contributed by atoms with Crippen molar-refractivity contribution in [2.75, 3.05) is 0 Å². The zero-order valence-corrected chi connectivity index (χ0v) is 11.1. The van der Waals surface area contributed by atoms with Gasteiger partial charge in [-0.3, -0.25) is 4.79 Å². The van der Waals surface area contributed by atoms with E-state index in [4.69, 9.17) is 9.15 Å². The number of ether oxygens (including phenoxy) is 1. The zero-order chi connectivity index (χ0) is 13.8. The minimum atomic E-state index is -0.177. The van der Waals surface area contributed by atoms with Crippen LogP contribution in [0.5, 0.6) is 5.75 Å². The number of benzene rings is 1. The van der Waals surface area contributed by atoms with E-state index < -0.39 is 0 Å². The summed E-state index contributed by atoms with van der Waals surface area (Å²) in [6, 6.07) is 13.1. The lowest BCUT2D eigenvalue weighted by Crippen LogP contribution is -2.42. The molecule has 0 bridgehead atoms. The molecule has 1 N–H and O–H groups in total. The Hall–Kier alpha value is -2.23. The fraction of sp³-hybridized carbons (Fsp3) is 0.312. The minimum Gasteiger partial charge on any atom is -0.488 e. The Kier molecular flexibility index (Phi) is 3.72. The summed E-state index contributed by atoms with van der Waals surface area (Å²) in [5, 5.41) is 2.99. The predicted octanol–water partition coefficient (Wildman–Crippen LogP) is 3.01. The number of carbonyl (C=O) groups excluding carboxylic acids is 1. The Morgan fingerprint density at radius 3 is 2.75 bits per heavy atom. The van der Waals surface area contributed by atoms with Gasteiger partial charge in [0.1, 0.15) is 11.9 Å². The molecule has 1 aromatic heterocycles. The van der Waals surface area contributed by atoms with Crippen LogP contribution in [0.25, 0.3) is 0 Å². The van der Waals surface area contributed by atoms with Crippen molar-refractivity contribution in [1.82, 2.24) is 5.32 Å². The van der Waals surface area contributed by atoms with Crippen molar-refractivity contribution in [2.45, 2.75) is 31.4 Å². The predicted molar refractivity (Wildman–Crippen MR) is 74.7 cm³/mol. The average molecular weight is 271 g/mol. The van der Waals surface area contributed by atoms with Crippen LogP contribution in [-0.4, -0.2) is 18.1 Å². The van der Waals surface area contributed by atoms with Crippen LogP contribution < -0.4 is 10.1 Å². The summed E-state index contributed by atoms with van der Waals surface area (Å²) >= 11 is 0. The highest BCUT2D eigenvalue weighted by Crippen LogP contribution is 2.25. The number of hydrogen-bond donors (Lipinski definition) is 1. The number of hydrogen-bond acceptors (Lipinski definition) is 3. The molecule has 4 nitrogen and oxygen atoms in total. The molecule has 4 heteroatoms. The van der Waals surface area contributed by atoms with Crippen LogP contribution in [-0.2, 0) is 0 Å². The van der Waals surface area contributed by atoms with Crippen molar-refractivity contribution in [2.24, 2.45) is 0 Å². The Morgan fingerprint density at radius 2 is 2.00 bits per heavy atom. The molecular formula is C16H17NO3. The molecule has 2 aromatic rings. The molecule has 0 aliphatic heterocycles. The molecule has 1 saturated carbocycles. The summed E-state index contributed by atoms with van der Waals surface area (Å²) < 4.78 is 11.1. The zero-order valence-electron chi connectivity index (χ0n) is 11.1. The number of rotatable bonds is 4. The van der Waals surface area contributed by atoms with Crippen LogP contribution in [0.2, 0.25) is 0 Å². The smallest absolute Gasteiger partial charge is 0.287 e. The third-order valence-corrected chi connectivity index (χ3v) is 3.54. The SMILES string of the molecule is O=C(N[C@@H]1CCC[C@H]1Oc1ccccc1)c1ccco1. The molecule has 1 aromatic carbocycles. The molecule has 0 unspecified atom stereocenters. The van der Waals surface area contributed by atoms with Gasteiger partial charge in [-0.2, -0.15) is 0 Å². The highest BCUT2D eigenvalue weighted by molar-refractivity contribution is 5.91. The summed E-state index contributed by atoms with van der Waals surface area (Å²) in [6.45, 7) is 0. The minimum absolute atomic E-state index is 0.0244. The molecule has 1 heterocycles. The quantitative estimate of drug-likeness (QED) is 0.930. The maximum Gasteiger partial charge on any atom is 0.287 e. The first-order chi connectivity index (χ1) is 9.83. The number of amides is 1. The molecule has 0 saturated heterocycles. The van der Waals surface area contributed by atoms with Gasteiger partial charge in [-0.15, -0.1) is 0 Å². The second-order valence-corrected chi connectivity index (χ2v) is 4.96. The Labute approximate surface area is 117 Å². The highest BCUT2D eigenvalue weighted by atomic mass is 16.5. The van der Waals surface area contributed by atoms with Gasteiger partial charge in [-0.1, -0.05) is 18.2 Å². The van der Waals surface area contributed by atoms with E-state index in [2.05, 4.69) is 5.32 Å². The molecule has 0 radical (unpaired) electrons. The Balaban J connectivity index is 1.62. The standard InChI is InChI=1S/C16H17NO3/c18-16(15-10-5-11-19-15)17-13-8-4-9-14(13)20-12-6-2-1-3-7-12/h1-3,5-7,10-11,13-14H,4,8-9H2,(H,17,18)/t13-,14-/m1/s1. The van der Waals surface area contributed by atoms with E-state index in [9.17, 15) is 4.79 Å². The van der Waals surface area contributed by atoms with Gasteiger partial charge >= 0.3 is 0 Å². The average Bonchev–Trinajstić information content (AvgIpc) is 3.12. The lowest BCUT2D eigenvalue weighted by atomic mass is 10.2. The van der Waals surface area contributed by atoms with Crippen molar-refractivity contribution >= 4 is 5.91 Å². The fourth-order valence-electron chi connectivity index (χ4n) is 2.55. The first kappa shape index (κ1) is 12.8. The van der Waals surface area contributed by atoms with Crippen LogP contribution in [0.3, 0.4) is 0 Å². The van der Waals surface area contributed by atoms with E-state index in [0.717, 1.165) is 25.0 Å². The summed E-state index contributed by atoms with van der Waals surface area (Å²) in [5.74, 6) is 1.01. The van der Waals surface area contributed by atoms with E-state index in [1.165, 1.54) is 6.26 Å². The van der Waals surface area contributed by atoms with Gasteiger partial charge in [0.25, 0.3) is 5.91 Å². The van der Waals surface area contributed by atoms with Crippen LogP contribution in [0.15, 0.2) is 53.1 Å². The monoisotopic (exact) mass is 271 g/mol. The second-order valence-electron chi connectivity index (χ2n) is 4.96. The van der Waals surface area contributed by atoms with E-state index in [0.29, 0.717) is 5.76 Å². The molecule has 3 rings (SSSR count). The lowest BCUT2D eigenvalue weighted by molar-refractivity contribution is 0.0866. The van der Waals surface area contributed by atoms with E-state index in [1.54, 1.807) is 12.1 Å². The van der Waals surface area contributed by atoms with Gasteiger partial charge in [0.05, 0.1) is 12.3 Å². The van der Waals surface area contributed by atoms with Crippen molar-refractivity contribution in [3.63, 3.8) is 0 Å². The first-order valence-electron chi connectivity index (χ1n) is 6.89. The Bertz CT molecular complexity index is 550. The molecule has 104 valence electrons. The van der Waals surface area contributed by atoms with Gasteiger partial charge in [-0.05, 0) is 43.5 Å². The summed E-state index contributed by atoms with van der Waals surface area (Å²) in [7, 11) is 0. The molecular weight excluding hydrogens is 254 g/mol. The van der Waals surface area contributed by atoms with Crippen molar-refractivity contribution in [1.29, 1.82) is 0 Å². The van der Waals surface area contributed by atoms with Crippen molar-refractivity contribution in [3.05, 3.63) is 54.5 Å². The number of para-hydroxylation sites is 1. The third kappa shape index (κ3) is 2.85. The fourth-order valence-corrected chi connectivity index (χ4v) is 2.55. The van der Waals surface area contributed by atoms with Crippen LogP contribution >= 0.6 is 0 Å².